The van der Waals surface area contributed by atoms with E-state index in [-0.39, 0.29) is 0 Å². The fraction of sp³-hybridized carbons (Fsp3) is 0.500. The van der Waals surface area contributed by atoms with E-state index in [2.05, 4.69) is 26.4 Å². The summed E-state index contributed by atoms with van der Waals surface area (Å²) >= 11 is 0. The minimum atomic E-state index is 0.617. The lowest BCUT2D eigenvalue weighted by Gasteiger charge is -2.20. The third-order valence-corrected chi connectivity index (χ3v) is 4.00. The fourth-order valence-electron chi connectivity index (χ4n) is 2.72. The maximum Gasteiger partial charge on any atom is 0.178 e. The molecule has 0 aromatic carbocycles. The van der Waals surface area contributed by atoms with Gasteiger partial charge in [0.25, 0.3) is 0 Å². The van der Waals surface area contributed by atoms with E-state index in [0.29, 0.717) is 6.04 Å². The molecule has 5 heteroatoms. The first-order chi connectivity index (χ1) is 9.42. The fourth-order valence-corrected chi connectivity index (χ4v) is 2.72. The quantitative estimate of drug-likeness (QED) is 0.890. The van der Waals surface area contributed by atoms with Crippen molar-refractivity contribution in [2.75, 3.05) is 5.32 Å². The van der Waals surface area contributed by atoms with Gasteiger partial charge < -0.3 is 5.32 Å². The van der Waals surface area contributed by atoms with Crippen molar-refractivity contribution >= 4 is 5.69 Å². The van der Waals surface area contributed by atoms with Gasteiger partial charge in [-0.1, -0.05) is 0 Å². The number of rotatable bonds is 5. The van der Waals surface area contributed by atoms with Crippen molar-refractivity contribution in [3.05, 3.63) is 31.0 Å². The zero-order valence-electron chi connectivity index (χ0n) is 10.7. The first kappa shape index (κ1) is 11.0. The van der Waals surface area contributed by atoms with Gasteiger partial charge in [-0.05, 0) is 49.7 Å². The molecule has 5 nitrogen and oxygen atoms in total. The van der Waals surface area contributed by atoms with Gasteiger partial charge in [-0.3, -0.25) is 0 Å². The Morgan fingerprint density at radius 3 is 2.63 bits per heavy atom. The summed E-state index contributed by atoms with van der Waals surface area (Å²) in [5, 5.41) is 7.89. The molecule has 2 saturated carbocycles. The molecule has 0 radical (unpaired) electrons. The highest BCUT2D eigenvalue weighted by Gasteiger charge is 2.41. The summed E-state index contributed by atoms with van der Waals surface area (Å²) in [7, 11) is 0. The van der Waals surface area contributed by atoms with E-state index >= 15 is 0 Å². The second-order valence-electron chi connectivity index (χ2n) is 5.56. The lowest BCUT2D eigenvalue weighted by Crippen LogP contribution is -2.25. The van der Waals surface area contributed by atoms with Crippen molar-refractivity contribution in [3.8, 4) is 5.82 Å². The molecule has 19 heavy (non-hydrogen) atoms. The van der Waals surface area contributed by atoms with Crippen LogP contribution in [0.5, 0.6) is 0 Å². The maximum absolute atomic E-state index is 4.43. The zero-order valence-corrected chi connectivity index (χ0v) is 10.7. The van der Waals surface area contributed by atoms with Crippen LogP contribution in [0, 0.1) is 11.8 Å². The smallest absolute Gasteiger partial charge is 0.178 e. The molecule has 0 amide bonds. The van der Waals surface area contributed by atoms with Gasteiger partial charge in [0.05, 0.1) is 5.69 Å². The van der Waals surface area contributed by atoms with Gasteiger partial charge in [0.1, 0.15) is 12.7 Å². The molecule has 0 bridgehead atoms. The van der Waals surface area contributed by atoms with Crippen molar-refractivity contribution < 1.29 is 0 Å². The predicted octanol–water partition coefficient (Wildman–Crippen LogP) is 2.26. The minimum absolute atomic E-state index is 0.617. The highest BCUT2D eigenvalue weighted by atomic mass is 15.3. The van der Waals surface area contributed by atoms with Gasteiger partial charge in [-0.2, -0.15) is 5.10 Å². The van der Waals surface area contributed by atoms with Crippen molar-refractivity contribution in [2.45, 2.75) is 31.7 Å². The van der Waals surface area contributed by atoms with Crippen LogP contribution in [0.3, 0.4) is 0 Å². The molecule has 2 aromatic rings. The molecule has 98 valence electrons. The molecule has 0 unspecified atom stereocenters. The van der Waals surface area contributed by atoms with Gasteiger partial charge >= 0.3 is 0 Å². The molecule has 4 rings (SSSR count). The monoisotopic (exact) mass is 255 g/mol. The predicted molar refractivity (Wildman–Crippen MR) is 72.0 cm³/mol. The standard InChI is InChI=1S/C14H17N5/c1-2-12(14(16-7-1)19-9-15-8-17-19)18-13(10-3-4-10)11-5-6-11/h1-2,7-11,13,18H,3-6H2. The Labute approximate surface area is 112 Å². The van der Waals surface area contributed by atoms with Gasteiger partial charge in [0, 0.05) is 12.2 Å². The SMILES string of the molecule is c1cnc(-n2cncn2)c(NC(C2CC2)C2CC2)c1. The largest absolute Gasteiger partial charge is 0.379 e. The van der Waals surface area contributed by atoms with Gasteiger partial charge in [0.15, 0.2) is 5.82 Å². The Bertz CT molecular complexity index is 545. The van der Waals surface area contributed by atoms with Crippen molar-refractivity contribution in [2.24, 2.45) is 11.8 Å². The number of pyridine rings is 1. The van der Waals surface area contributed by atoms with Crippen LogP contribution in [-0.4, -0.2) is 25.8 Å². The van der Waals surface area contributed by atoms with E-state index in [9.17, 15) is 0 Å². The second-order valence-corrected chi connectivity index (χ2v) is 5.56. The molecule has 0 aliphatic heterocycles. The summed E-state index contributed by atoms with van der Waals surface area (Å²) in [5.74, 6) is 2.55. The van der Waals surface area contributed by atoms with E-state index in [4.69, 9.17) is 0 Å². The highest BCUT2D eigenvalue weighted by molar-refractivity contribution is 5.57. The maximum atomic E-state index is 4.43. The number of nitrogens with zero attached hydrogens (tertiary/aromatic N) is 4. The highest BCUT2D eigenvalue weighted by Crippen LogP contribution is 2.46. The molecule has 1 N–H and O–H groups in total. The average Bonchev–Trinajstić information content (AvgIpc) is 3.37. The van der Waals surface area contributed by atoms with E-state index < -0.39 is 0 Å². The number of aromatic nitrogens is 4. The van der Waals surface area contributed by atoms with E-state index in [1.165, 1.54) is 32.0 Å². The van der Waals surface area contributed by atoms with Gasteiger partial charge in [-0.15, -0.1) is 0 Å². The second kappa shape index (κ2) is 4.33. The van der Waals surface area contributed by atoms with E-state index in [0.717, 1.165) is 23.3 Å². The van der Waals surface area contributed by atoms with E-state index in [1.54, 1.807) is 17.2 Å². The van der Waals surface area contributed by atoms with Crippen LogP contribution in [0.15, 0.2) is 31.0 Å². The van der Waals surface area contributed by atoms with Crippen LogP contribution >= 0.6 is 0 Å². The summed E-state index contributed by atoms with van der Waals surface area (Å²) in [4.78, 5) is 8.43. The molecular formula is C14H17N5. The summed E-state index contributed by atoms with van der Waals surface area (Å²) in [5.41, 5.74) is 1.07. The summed E-state index contributed by atoms with van der Waals surface area (Å²) in [6.07, 6.45) is 10.5. The minimum Gasteiger partial charge on any atom is -0.379 e. The lowest BCUT2D eigenvalue weighted by atomic mass is 10.1. The van der Waals surface area contributed by atoms with Crippen LogP contribution in [0.4, 0.5) is 5.69 Å². The molecule has 0 saturated heterocycles. The summed E-state index contributed by atoms with van der Waals surface area (Å²) in [6.45, 7) is 0. The van der Waals surface area contributed by atoms with Gasteiger partial charge in [0.2, 0.25) is 0 Å². The van der Waals surface area contributed by atoms with Crippen LogP contribution < -0.4 is 5.32 Å². The Morgan fingerprint density at radius 1 is 1.21 bits per heavy atom. The molecule has 2 aromatic heterocycles. The van der Waals surface area contributed by atoms with Crippen LogP contribution in [-0.2, 0) is 0 Å². The van der Waals surface area contributed by atoms with Crippen LogP contribution in [0.1, 0.15) is 25.7 Å². The Kier molecular flexibility index (Phi) is 2.50. The zero-order chi connectivity index (χ0) is 12.7. The Hall–Kier alpha value is -1.91. The molecule has 2 aliphatic carbocycles. The lowest BCUT2D eigenvalue weighted by molar-refractivity contribution is 0.567. The van der Waals surface area contributed by atoms with Crippen LogP contribution in [0.2, 0.25) is 0 Å². The third kappa shape index (κ3) is 2.20. The number of anilines is 1. The Morgan fingerprint density at radius 2 is 2.00 bits per heavy atom. The topological polar surface area (TPSA) is 55.6 Å². The first-order valence-electron chi connectivity index (χ1n) is 6.98. The molecule has 2 aliphatic rings. The number of hydrogen-bond acceptors (Lipinski definition) is 4. The number of nitrogens with one attached hydrogen (secondary N) is 1. The average molecular weight is 255 g/mol. The third-order valence-electron chi connectivity index (χ3n) is 4.00. The van der Waals surface area contributed by atoms with Crippen molar-refractivity contribution in [3.63, 3.8) is 0 Å². The number of hydrogen-bond donors (Lipinski definition) is 1. The Balaban J connectivity index is 1.63. The molecule has 0 atom stereocenters. The molecule has 0 spiro atoms. The molecular weight excluding hydrogens is 238 g/mol. The normalized spacial score (nSPS) is 18.8. The first-order valence-corrected chi connectivity index (χ1v) is 6.98. The van der Waals surface area contributed by atoms with Crippen molar-refractivity contribution in [1.82, 2.24) is 19.7 Å². The molecule has 2 heterocycles. The van der Waals surface area contributed by atoms with Crippen LogP contribution in [0.25, 0.3) is 5.82 Å². The molecule has 2 fully saturated rings. The van der Waals surface area contributed by atoms with Gasteiger partial charge in [-0.25, -0.2) is 14.6 Å². The van der Waals surface area contributed by atoms with Crippen molar-refractivity contribution in [1.29, 1.82) is 0 Å². The summed E-state index contributed by atoms with van der Waals surface area (Å²) < 4.78 is 1.72. The summed E-state index contributed by atoms with van der Waals surface area (Å²) in [6, 6.07) is 4.67. The van der Waals surface area contributed by atoms with E-state index in [1.807, 2.05) is 6.07 Å².